The van der Waals surface area contributed by atoms with Gasteiger partial charge in [-0.15, -0.1) is 0 Å². The van der Waals surface area contributed by atoms with Crippen molar-refractivity contribution in [3.8, 4) is 0 Å². The lowest BCUT2D eigenvalue weighted by atomic mass is 10.0. The highest BCUT2D eigenvalue weighted by Gasteiger charge is 2.43. The molecule has 1 fully saturated rings. The van der Waals surface area contributed by atoms with E-state index in [-0.39, 0.29) is 5.70 Å². The first-order valence-electron chi connectivity index (χ1n) is 9.05. The Morgan fingerprint density at radius 2 is 1.89 bits per heavy atom. The van der Waals surface area contributed by atoms with Gasteiger partial charge in [0.25, 0.3) is 5.91 Å². The van der Waals surface area contributed by atoms with Crippen molar-refractivity contribution in [3.05, 3.63) is 42.1 Å². The zero-order valence-electron chi connectivity index (χ0n) is 16.0. The Bertz CT molecular complexity index is 730. The molecule has 0 saturated carbocycles. The van der Waals surface area contributed by atoms with Gasteiger partial charge in [0.05, 0.1) is 5.69 Å². The van der Waals surface area contributed by atoms with Gasteiger partial charge in [-0.1, -0.05) is 38.6 Å². The molecule has 0 radical (unpaired) electrons. The van der Waals surface area contributed by atoms with Gasteiger partial charge >= 0.3 is 6.03 Å². The number of carbonyl (C=O) groups is 3. The minimum absolute atomic E-state index is 0.197. The quantitative estimate of drug-likeness (QED) is 0.341. The van der Waals surface area contributed by atoms with Crippen LogP contribution in [-0.2, 0) is 9.59 Å². The number of urea groups is 1. The van der Waals surface area contributed by atoms with E-state index in [1.54, 1.807) is 25.1 Å². The maximum atomic E-state index is 12.9. The molecule has 0 aromatic heterocycles. The SMILES string of the molecule is C=C(NNCCN(CC)CC)[C@@H]1C(=O)NC(=O)N(c2ccccc2C)C1=O. The number of aryl methyl sites for hydroxylation is 1. The topological polar surface area (TPSA) is 93.8 Å². The van der Waals surface area contributed by atoms with Crippen molar-refractivity contribution >= 4 is 23.5 Å². The summed E-state index contributed by atoms with van der Waals surface area (Å²) in [5, 5.41) is 2.23. The summed E-state index contributed by atoms with van der Waals surface area (Å²) >= 11 is 0. The van der Waals surface area contributed by atoms with Gasteiger partial charge in [-0.05, 0) is 31.6 Å². The van der Waals surface area contributed by atoms with Crippen molar-refractivity contribution in [1.29, 1.82) is 0 Å². The number of imide groups is 2. The van der Waals surface area contributed by atoms with Crippen LogP contribution < -0.4 is 21.1 Å². The Morgan fingerprint density at radius 1 is 1.22 bits per heavy atom. The summed E-state index contributed by atoms with van der Waals surface area (Å²) in [4.78, 5) is 40.6. The molecule has 1 aliphatic heterocycles. The normalized spacial score (nSPS) is 17.3. The van der Waals surface area contributed by atoms with Gasteiger partial charge < -0.3 is 10.3 Å². The molecule has 0 aliphatic carbocycles. The van der Waals surface area contributed by atoms with Crippen molar-refractivity contribution in [3.63, 3.8) is 0 Å². The molecule has 0 unspecified atom stereocenters. The first kappa shape index (κ1) is 20.6. The average molecular weight is 373 g/mol. The summed E-state index contributed by atoms with van der Waals surface area (Å²) in [5.41, 5.74) is 7.20. The lowest BCUT2D eigenvalue weighted by molar-refractivity contribution is -0.132. The number of hydrogen-bond donors (Lipinski definition) is 3. The maximum Gasteiger partial charge on any atom is 0.335 e. The van der Waals surface area contributed by atoms with E-state index in [1.807, 2.05) is 6.07 Å². The van der Waals surface area contributed by atoms with Crippen LogP contribution in [0.1, 0.15) is 19.4 Å². The molecule has 0 bridgehead atoms. The van der Waals surface area contributed by atoms with Crippen LogP contribution in [0.5, 0.6) is 0 Å². The Balaban J connectivity index is 2.06. The fraction of sp³-hybridized carbons (Fsp3) is 0.421. The molecule has 0 spiro atoms. The number of para-hydroxylation sites is 1. The Labute approximate surface area is 159 Å². The van der Waals surface area contributed by atoms with E-state index in [0.29, 0.717) is 12.2 Å². The second-order valence-corrected chi connectivity index (χ2v) is 6.29. The van der Waals surface area contributed by atoms with E-state index in [4.69, 9.17) is 0 Å². The monoisotopic (exact) mass is 373 g/mol. The van der Waals surface area contributed by atoms with E-state index in [9.17, 15) is 14.4 Å². The number of anilines is 1. The lowest BCUT2D eigenvalue weighted by Gasteiger charge is -2.32. The number of rotatable bonds is 9. The van der Waals surface area contributed by atoms with Gasteiger partial charge in [0, 0.05) is 18.8 Å². The summed E-state index contributed by atoms with van der Waals surface area (Å²) in [5.74, 6) is -2.50. The summed E-state index contributed by atoms with van der Waals surface area (Å²) in [6.07, 6.45) is 0. The minimum Gasteiger partial charge on any atom is -0.325 e. The third-order valence-corrected chi connectivity index (χ3v) is 4.56. The smallest absolute Gasteiger partial charge is 0.325 e. The molecule has 4 amide bonds. The van der Waals surface area contributed by atoms with Crippen molar-refractivity contribution in [1.82, 2.24) is 21.1 Å². The van der Waals surface area contributed by atoms with E-state index in [2.05, 4.69) is 41.5 Å². The first-order chi connectivity index (χ1) is 12.9. The van der Waals surface area contributed by atoms with Gasteiger partial charge in [0.1, 0.15) is 0 Å². The second-order valence-electron chi connectivity index (χ2n) is 6.29. The van der Waals surface area contributed by atoms with Crippen LogP contribution in [0.2, 0.25) is 0 Å². The van der Waals surface area contributed by atoms with Gasteiger partial charge in [-0.2, -0.15) is 0 Å². The highest BCUT2D eigenvalue weighted by molar-refractivity contribution is 6.28. The number of carbonyl (C=O) groups excluding carboxylic acids is 3. The molecular formula is C19H27N5O3. The molecule has 2 rings (SSSR count). The molecule has 8 nitrogen and oxygen atoms in total. The number of barbiturate groups is 1. The third kappa shape index (κ3) is 4.72. The molecule has 1 aromatic rings. The van der Waals surface area contributed by atoms with Crippen molar-refractivity contribution in [2.45, 2.75) is 20.8 Å². The van der Waals surface area contributed by atoms with Gasteiger partial charge in [0.2, 0.25) is 5.91 Å². The van der Waals surface area contributed by atoms with E-state index in [1.165, 1.54) is 0 Å². The first-order valence-corrected chi connectivity index (χ1v) is 9.05. The molecule has 27 heavy (non-hydrogen) atoms. The summed E-state index contributed by atoms with van der Waals surface area (Å²) in [6, 6.07) is 6.25. The summed E-state index contributed by atoms with van der Waals surface area (Å²) in [6.45, 7) is 13.1. The number of hydrogen-bond acceptors (Lipinski definition) is 6. The number of nitrogens with zero attached hydrogens (tertiary/aromatic N) is 2. The number of hydrazine groups is 1. The Morgan fingerprint density at radius 3 is 2.52 bits per heavy atom. The van der Waals surface area contributed by atoms with Gasteiger partial charge in [-0.3, -0.25) is 14.9 Å². The molecule has 1 heterocycles. The number of amides is 4. The second kappa shape index (κ2) is 9.29. The van der Waals surface area contributed by atoms with Gasteiger partial charge in [-0.25, -0.2) is 15.1 Å². The molecule has 1 saturated heterocycles. The highest BCUT2D eigenvalue weighted by Crippen LogP contribution is 2.25. The fourth-order valence-electron chi connectivity index (χ4n) is 2.93. The molecule has 1 aromatic carbocycles. The van der Waals surface area contributed by atoms with Crippen LogP contribution in [0.4, 0.5) is 10.5 Å². The average Bonchev–Trinajstić information content (AvgIpc) is 2.63. The fourth-order valence-corrected chi connectivity index (χ4v) is 2.93. The van der Waals surface area contributed by atoms with Crippen LogP contribution in [-0.4, -0.2) is 48.9 Å². The van der Waals surface area contributed by atoms with Crippen molar-refractivity contribution < 1.29 is 14.4 Å². The molecule has 8 heteroatoms. The minimum atomic E-state index is -1.19. The number of likely N-dealkylation sites (N-methyl/N-ethyl adjacent to an activating group) is 1. The molecule has 146 valence electrons. The van der Waals surface area contributed by atoms with Crippen LogP contribution in [0, 0.1) is 12.8 Å². The lowest BCUT2D eigenvalue weighted by Crippen LogP contribution is -2.60. The van der Waals surface area contributed by atoms with Crippen LogP contribution in [0.3, 0.4) is 0 Å². The number of nitrogens with one attached hydrogen (secondary N) is 3. The third-order valence-electron chi connectivity index (χ3n) is 4.56. The molecular weight excluding hydrogens is 346 g/mol. The molecule has 1 atom stereocenters. The zero-order valence-corrected chi connectivity index (χ0v) is 16.0. The Kier molecular flexibility index (Phi) is 7.09. The highest BCUT2D eigenvalue weighted by atomic mass is 16.2. The van der Waals surface area contributed by atoms with Crippen LogP contribution >= 0.6 is 0 Å². The van der Waals surface area contributed by atoms with E-state index in [0.717, 1.165) is 30.1 Å². The molecule has 1 aliphatic rings. The van der Waals surface area contributed by atoms with Crippen molar-refractivity contribution in [2.24, 2.45) is 5.92 Å². The number of benzene rings is 1. The van der Waals surface area contributed by atoms with Crippen LogP contribution in [0.25, 0.3) is 0 Å². The predicted octanol–water partition coefficient (Wildman–Crippen LogP) is 1.14. The molecule has 3 N–H and O–H groups in total. The predicted molar refractivity (Wildman–Crippen MR) is 104 cm³/mol. The maximum absolute atomic E-state index is 12.9. The Hall–Kier alpha value is -2.71. The largest absolute Gasteiger partial charge is 0.335 e. The summed E-state index contributed by atoms with van der Waals surface area (Å²) < 4.78 is 0. The summed E-state index contributed by atoms with van der Waals surface area (Å²) in [7, 11) is 0. The van der Waals surface area contributed by atoms with Gasteiger partial charge in [0.15, 0.2) is 5.92 Å². The van der Waals surface area contributed by atoms with Crippen molar-refractivity contribution in [2.75, 3.05) is 31.1 Å². The van der Waals surface area contributed by atoms with E-state index < -0.39 is 23.8 Å². The van der Waals surface area contributed by atoms with E-state index >= 15 is 0 Å². The zero-order chi connectivity index (χ0) is 20.0. The standard InChI is InChI=1S/C19H27N5O3/c1-5-23(6-2)12-11-20-22-14(4)16-17(25)21-19(27)24(18(16)26)15-10-8-7-9-13(15)3/h7-10,16,20,22H,4-6,11-12H2,1-3H3,(H,21,25,27)/t16-/m1/s1. The van der Waals surface area contributed by atoms with Crippen LogP contribution in [0.15, 0.2) is 36.5 Å².